The SMILES string of the molecule is CO[C@@H]1C=CC2=CCN3CCc4cc5c(cc4[C@]23C1)OCO5. The fourth-order valence-corrected chi connectivity index (χ4v) is 4.45. The van der Waals surface area contributed by atoms with Crippen LogP contribution in [0.25, 0.3) is 0 Å². The molecule has 22 heavy (non-hydrogen) atoms. The molecule has 1 aromatic carbocycles. The van der Waals surface area contributed by atoms with Gasteiger partial charge < -0.3 is 14.2 Å². The van der Waals surface area contributed by atoms with Crippen molar-refractivity contribution in [1.29, 1.82) is 0 Å². The average Bonchev–Trinajstić information content (AvgIpc) is 3.16. The zero-order valence-electron chi connectivity index (χ0n) is 12.7. The molecule has 4 nitrogen and oxygen atoms in total. The van der Waals surface area contributed by atoms with Gasteiger partial charge in [-0.1, -0.05) is 18.2 Å². The number of benzene rings is 1. The van der Waals surface area contributed by atoms with Crippen molar-refractivity contribution in [2.24, 2.45) is 0 Å². The Morgan fingerprint density at radius 3 is 3.00 bits per heavy atom. The molecule has 0 amide bonds. The van der Waals surface area contributed by atoms with Crippen LogP contribution in [0.15, 0.2) is 35.9 Å². The highest BCUT2D eigenvalue weighted by Gasteiger charge is 2.50. The molecule has 3 aliphatic heterocycles. The normalized spacial score (nSPS) is 31.5. The summed E-state index contributed by atoms with van der Waals surface area (Å²) in [7, 11) is 1.79. The van der Waals surface area contributed by atoms with Crippen molar-refractivity contribution in [1.82, 2.24) is 4.90 Å². The molecule has 0 radical (unpaired) electrons. The van der Waals surface area contributed by atoms with Crippen LogP contribution in [0.2, 0.25) is 0 Å². The van der Waals surface area contributed by atoms with Crippen molar-refractivity contribution < 1.29 is 14.2 Å². The Balaban J connectivity index is 1.72. The molecule has 2 atom stereocenters. The molecule has 0 N–H and O–H groups in total. The fourth-order valence-electron chi connectivity index (χ4n) is 4.45. The maximum atomic E-state index is 5.65. The van der Waals surface area contributed by atoms with Gasteiger partial charge in [-0.05, 0) is 35.3 Å². The van der Waals surface area contributed by atoms with E-state index in [0.717, 1.165) is 37.4 Å². The third-order valence-electron chi connectivity index (χ3n) is 5.53. The summed E-state index contributed by atoms with van der Waals surface area (Å²) in [4.78, 5) is 2.59. The van der Waals surface area contributed by atoms with E-state index >= 15 is 0 Å². The van der Waals surface area contributed by atoms with Crippen molar-refractivity contribution in [2.75, 3.05) is 27.0 Å². The largest absolute Gasteiger partial charge is 0.454 e. The number of hydrogen-bond donors (Lipinski definition) is 0. The number of methoxy groups -OCH3 is 1. The summed E-state index contributed by atoms with van der Waals surface area (Å²) in [5, 5.41) is 0. The highest BCUT2D eigenvalue weighted by Crippen LogP contribution is 2.52. The van der Waals surface area contributed by atoms with Crippen molar-refractivity contribution in [3.63, 3.8) is 0 Å². The Morgan fingerprint density at radius 2 is 2.14 bits per heavy atom. The molecule has 0 fully saturated rings. The minimum Gasteiger partial charge on any atom is -0.454 e. The molecule has 0 saturated carbocycles. The van der Waals surface area contributed by atoms with E-state index in [1.54, 1.807) is 7.11 Å². The average molecular weight is 297 g/mol. The van der Waals surface area contributed by atoms with E-state index < -0.39 is 0 Å². The maximum absolute atomic E-state index is 5.65. The molecule has 1 spiro atoms. The van der Waals surface area contributed by atoms with Gasteiger partial charge in [0.25, 0.3) is 0 Å². The monoisotopic (exact) mass is 297 g/mol. The Bertz CT molecular complexity index is 709. The van der Waals surface area contributed by atoms with Crippen molar-refractivity contribution in [3.05, 3.63) is 47.1 Å². The molecule has 5 rings (SSSR count). The molecule has 114 valence electrons. The Hall–Kier alpha value is -1.78. The van der Waals surface area contributed by atoms with Gasteiger partial charge in [0.15, 0.2) is 11.5 Å². The molecule has 1 aromatic rings. The van der Waals surface area contributed by atoms with Gasteiger partial charge in [0.05, 0.1) is 11.6 Å². The van der Waals surface area contributed by atoms with Crippen LogP contribution in [0.3, 0.4) is 0 Å². The predicted molar refractivity (Wildman–Crippen MR) is 82.2 cm³/mol. The molecule has 0 bridgehead atoms. The first-order valence-corrected chi connectivity index (χ1v) is 7.91. The number of ether oxygens (including phenoxy) is 3. The molecular formula is C18H19NO3. The summed E-state index contributed by atoms with van der Waals surface area (Å²) in [6.45, 7) is 2.43. The van der Waals surface area contributed by atoms with Crippen molar-refractivity contribution in [2.45, 2.75) is 24.5 Å². The van der Waals surface area contributed by atoms with Gasteiger partial charge in [-0.3, -0.25) is 4.90 Å². The van der Waals surface area contributed by atoms with Crippen molar-refractivity contribution in [3.8, 4) is 11.5 Å². The molecule has 0 saturated heterocycles. The lowest BCUT2D eigenvalue weighted by Gasteiger charge is -2.48. The number of fused-ring (bicyclic) bond motifs is 2. The van der Waals surface area contributed by atoms with E-state index in [1.807, 2.05) is 0 Å². The summed E-state index contributed by atoms with van der Waals surface area (Å²) >= 11 is 0. The number of rotatable bonds is 1. The first-order chi connectivity index (χ1) is 10.8. The van der Waals surface area contributed by atoms with E-state index in [2.05, 4.69) is 35.3 Å². The number of hydrogen-bond acceptors (Lipinski definition) is 4. The van der Waals surface area contributed by atoms with Crippen LogP contribution in [0.5, 0.6) is 11.5 Å². The van der Waals surface area contributed by atoms with Crippen LogP contribution < -0.4 is 9.47 Å². The third kappa shape index (κ3) is 1.49. The topological polar surface area (TPSA) is 30.9 Å². The highest BCUT2D eigenvalue weighted by atomic mass is 16.7. The molecule has 0 unspecified atom stereocenters. The van der Waals surface area contributed by atoms with E-state index in [4.69, 9.17) is 14.2 Å². The van der Waals surface area contributed by atoms with Crippen LogP contribution in [0.1, 0.15) is 17.5 Å². The molecule has 4 aliphatic rings. The Labute approximate surface area is 130 Å². The third-order valence-corrected chi connectivity index (χ3v) is 5.53. The van der Waals surface area contributed by atoms with E-state index in [9.17, 15) is 0 Å². The van der Waals surface area contributed by atoms with Gasteiger partial charge in [0, 0.05) is 26.6 Å². The van der Waals surface area contributed by atoms with E-state index in [-0.39, 0.29) is 11.6 Å². The summed E-state index contributed by atoms with van der Waals surface area (Å²) in [5.74, 6) is 1.77. The van der Waals surface area contributed by atoms with Crippen LogP contribution in [0, 0.1) is 0 Å². The van der Waals surface area contributed by atoms with E-state index in [1.165, 1.54) is 16.7 Å². The minimum absolute atomic E-state index is 0.0516. The minimum atomic E-state index is -0.0516. The lowest BCUT2D eigenvalue weighted by atomic mass is 9.71. The zero-order valence-corrected chi connectivity index (χ0v) is 12.7. The second-order valence-corrected chi connectivity index (χ2v) is 6.42. The second kappa shape index (κ2) is 4.37. The first kappa shape index (κ1) is 12.7. The van der Waals surface area contributed by atoms with Crippen molar-refractivity contribution >= 4 is 0 Å². The van der Waals surface area contributed by atoms with Gasteiger partial charge >= 0.3 is 0 Å². The lowest BCUT2D eigenvalue weighted by molar-refractivity contribution is 0.0514. The summed E-state index contributed by atoms with van der Waals surface area (Å²) in [6, 6.07) is 4.38. The highest BCUT2D eigenvalue weighted by molar-refractivity contribution is 5.58. The van der Waals surface area contributed by atoms with Crippen LogP contribution in [0.4, 0.5) is 0 Å². The Kier molecular flexibility index (Phi) is 2.53. The zero-order chi connectivity index (χ0) is 14.7. The summed E-state index contributed by atoms with van der Waals surface area (Å²) < 4.78 is 16.9. The van der Waals surface area contributed by atoms with Crippen LogP contribution in [-0.4, -0.2) is 38.0 Å². The maximum Gasteiger partial charge on any atom is 0.231 e. The first-order valence-electron chi connectivity index (χ1n) is 7.91. The molecule has 4 heteroatoms. The smallest absolute Gasteiger partial charge is 0.231 e. The second-order valence-electron chi connectivity index (χ2n) is 6.42. The van der Waals surface area contributed by atoms with Crippen LogP contribution >= 0.6 is 0 Å². The Morgan fingerprint density at radius 1 is 1.27 bits per heavy atom. The van der Waals surface area contributed by atoms with Gasteiger partial charge in [0.2, 0.25) is 6.79 Å². The molecule has 3 heterocycles. The van der Waals surface area contributed by atoms with Gasteiger partial charge in [0.1, 0.15) is 0 Å². The lowest BCUT2D eigenvalue weighted by Crippen LogP contribution is -2.51. The van der Waals surface area contributed by atoms with E-state index in [0.29, 0.717) is 6.79 Å². The van der Waals surface area contributed by atoms with Gasteiger partial charge in [-0.15, -0.1) is 0 Å². The van der Waals surface area contributed by atoms with Gasteiger partial charge in [-0.2, -0.15) is 0 Å². The molecule has 0 aromatic heterocycles. The van der Waals surface area contributed by atoms with Gasteiger partial charge in [-0.25, -0.2) is 0 Å². The quantitative estimate of drug-likeness (QED) is 0.796. The predicted octanol–water partition coefficient (Wildman–Crippen LogP) is 2.38. The summed E-state index contributed by atoms with van der Waals surface area (Å²) in [5.41, 5.74) is 4.11. The standard InChI is InChI=1S/C18H19NO3/c1-20-14-3-2-13-5-7-19-6-4-12-8-16-17(22-11-21-16)9-15(12)18(13,19)10-14/h2-3,5,8-9,14H,4,6-7,10-11H2,1H3/t14-,18+/m1/s1. The molecule has 1 aliphatic carbocycles. The molecular weight excluding hydrogens is 278 g/mol. The number of nitrogens with zero attached hydrogens (tertiary/aromatic N) is 1. The summed E-state index contributed by atoms with van der Waals surface area (Å²) in [6.07, 6.45) is 8.99. The fraction of sp³-hybridized carbons (Fsp3) is 0.444. The van der Waals surface area contributed by atoms with Crippen LogP contribution in [-0.2, 0) is 16.7 Å².